The van der Waals surface area contributed by atoms with Crippen molar-refractivity contribution in [2.45, 2.75) is 25.1 Å². The lowest BCUT2D eigenvalue weighted by Gasteiger charge is -2.36. The van der Waals surface area contributed by atoms with Crippen LogP contribution >= 0.6 is 0 Å². The molecule has 0 bridgehead atoms. The van der Waals surface area contributed by atoms with Gasteiger partial charge in [-0.05, 0) is 12.0 Å². The number of halogens is 1. The number of ether oxygens (including phenoxy) is 1. The van der Waals surface area contributed by atoms with Crippen LogP contribution in [0, 0.1) is 0 Å². The summed E-state index contributed by atoms with van der Waals surface area (Å²) in [5.74, 6) is 0. The van der Waals surface area contributed by atoms with Crippen molar-refractivity contribution in [2.24, 2.45) is 0 Å². The summed E-state index contributed by atoms with van der Waals surface area (Å²) in [5, 5.41) is 0. The molecule has 1 heterocycles. The Hall–Kier alpha value is -1.58. The van der Waals surface area contributed by atoms with E-state index in [1.165, 1.54) is 7.11 Å². The standard InChI is InChI=1S/C13H16FNO2/c1-17-13(16)15-8-7-11(14)9-12(15)10-5-3-2-4-6-10/h2-6,11-12H,7-9H2,1H3/t11-,12+/m0/s1. The molecule has 1 fully saturated rings. The first kappa shape index (κ1) is 11.9. The van der Waals surface area contributed by atoms with Gasteiger partial charge in [0.1, 0.15) is 6.17 Å². The second-order valence-electron chi connectivity index (χ2n) is 4.21. The average Bonchev–Trinajstić information content (AvgIpc) is 2.39. The topological polar surface area (TPSA) is 29.5 Å². The third-order valence-electron chi connectivity index (χ3n) is 3.13. The fraction of sp³-hybridized carbons (Fsp3) is 0.462. The molecule has 0 saturated carbocycles. The normalized spacial score (nSPS) is 24.5. The first-order chi connectivity index (χ1) is 8.22. The Morgan fingerprint density at radius 2 is 2.12 bits per heavy atom. The highest BCUT2D eigenvalue weighted by Gasteiger charge is 2.33. The zero-order valence-electron chi connectivity index (χ0n) is 9.80. The first-order valence-corrected chi connectivity index (χ1v) is 5.76. The van der Waals surface area contributed by atoms with Crippen LogP contribution in [0.15, 0.2) is 30.3 Å². The zero-order chi connectivity index (χ0) is 12.3. The van der Waals surface area contributed by atoms with Crippen LogP contribution in [0.5, 0.6) is 0 Å². The molecular weight excluding hydrogens is 221 g/mol. The van der Waals surface area contributed by atoms with Crippen LogP contribution in [0.4, 0.5) is 9.18 Å². The Kier molecular flexibility index (Phi) is 3.61. The predicted molar refractivity (Wildman–Crippen MR) is 62.4 cm³/mol. The van der Waals surface area contributed by atoms with Gasteiger partial charge in [-0.25, -0.2) is 9.18 Å². The van der Waals surface area contributed by atoms with E-state index in [4.69, 9.17) is 4.74 Å². The van der Waals surface area contributed by atoms with Crippen molar-refractivity contribution < 1.29 is 13.9 Å². The molecule has 2 rings (SSSR count). The molecule has 0 N–H and O–H groups in total. The van der Waals surface area contributed by atoms with E-state index in [2.05, 4.69) is 0 Å². The molecule has 1 saturated heterocycles. The number of rotatable bonds is 1. The summed E-state index contributed by atoms with van der Waals surface area (Å²) in [6.07, 6.45) is -0.496. The molecule has 17 heavy (non-hydrogen) atoms. The predicted octanol–water partition coefficient (Wildman–Crippen LogP) is 2.93. The summed E-state index contributed by atoms with van der Waals surface area (Å²) in [6, 6.07) is 9.31. The van der Waals surface area contributed by atoms with E-state index in [-0.39, 0.29) is 12.1 Å². The van der Waals surface area contributed by atoms with Gasteiger partial charge in [-0.1, -0.05) is 30.3 Å². The number of likely N-dealkylation sites (tertiary alicyclic amines) is 1. The van der Waals surface area contributed by atoms with Crippen LogP contribution in [0.2, 0.25) is 0 Å². The molecule has 0 aliphatic carbocycles. The van der Waals surface area contributed by atoms with Crippen LogP contribution in [-0.2, 0) is 4.74 Å². The zero-order valence-corrected chi connectivity index (χ0v) is 9.80. The highest BCUT2D eigenvalue weighted by Crippen LogP contribution is 2.32. The summed E-state index contributed by atoms with van der Waals surface area (Å²) in [5.41, 5.74) is 0.959. The van der Waals surface area contributed by atoms with E-state index in [1.54, 1.807) is 4.90 Å². The van der Waals surface area contributed by atoms with E-state index in [0.29, 0.717) is 19.4 Å². The largest absolute Gasteiger partial charge is 0.453 e. The molecule has 1 aromatic rings. The SMILES string of the molecule is COC(=O)N1CC[C@H](F)C[C@@H]1c1ccccc1. The van der Waals surface area contributed by atoms with Gasteiger partial charge in [-0.2, -0.15) is 0 Å². The highest BCUT2D eigenvalue weighted by molar-refractivity contribution is 5.68. The number of carbonyl (C=O) groups is 1. The third kappa shape index (κ3) is 2.57. The average molecular weight is 237 g/mol. The summed E-state index contributed by atoms with van der Waals surface area (Å²) in [7, 11) is 1.35. The van der Waals surface area contributed by atoms with Crippen LogP contribution in [0.3, 0.4) is 0 Å². The van der Waals surface area contributed by atoms with Gasteiger partial charge in [0.25, 0.3) is 0 Å². The molecule has 3 nitrogen and oxygen atoms in total. The van der Waals surface area contributed by atoms with E-state index in [1.807, 2.05) is 30.3 Å². The molecule has 1 aromatic carbocycles. The van der Waals surface area contributed by atoms with Crippen molar-refractivity contribution in [3.05, 3.63) is 35.9 Å². The molecule has 4 heteroatoms. The van der Waals surface area contributed by atoms with Crippen LogP contribution in [0.25, 0.3) is 0 Å². The fourth-order valence-corrected chi connectivity index (χ4v) is 2.25. The van der Waals surface area contributed by atoms with Crippen molar-refractivity contribution in [1.29, 1.82) is 0 Å². The van der Waals surface area contributed by atoms with E-state index >= 15 is 0 Å². The Bertz CT molecular complexity index is 382. The number of hydrogen-bond donors (Lipinski definition) is 0. The molecule has 1 aliphatic rings. The maximum Gasteiger partial charge on any atom is 0.409 e. The van der Waals surface area contributed by atoms with Gasteiger partial charge in [-0.3, -0.25) is 0 Å². The lowest BCUT2D eigenvalue weighted by molar-refractivity contribution is 0.0660. The number of amides is 1. The molecule has 0 radical (unpaired) electrons. The van der Waals surface area contributed by atoms with E-state index < -0.39 is 6.17 Å². The molecule has 1 amide bonds. The highest BCUT2D eigenvalue weighted by atomic mass is 19.1. The lowest BCUT2D eigenvalue weighted by atomic mass is 9.94. The van der Waals surface area contributed by atoms with Crippen molar-refractivity contribution in [1.82, 2.24) is 4.90 Å². The van der Waals surface area contributed by atoms with Gasteiger partial charge in [0.2, 0.25) is 0 Å². The van der Waals surface area contributed by atoms with Gasteiger partial charge in [0.15, 0.2) is 0 Å². The number of nitrogens with zero attached hydrogens (tertiary/aromatic N) is 1. The van der Waals surface area contributed by atoms with E-state index in [9.17, 15) is 9.18 Å². The fourth-order valence-electron chi connectivity index (χ4n) is 2.25. The Labute approximate surface area is 100 Å². The Balaban J connectivity index is 2.23. The second-order valence-corrected chi connectivity index (χ2v) is 4.21. The molecule has 0 unspecified atom stereocenters. The van der Waals surface area contributed by atoms with Crippen LogP contribution in [-0.4, -0.2) is 30.8 Å². The number of piperidine rings is 1. The Morgan fingerprint density at radius 1 is 1.41 bits per heavy atom. The van der Waals surface area contributed by atoms with Gasteiger partial charge in [0.05, 0.1) is 13.2 Å². The third-order valence-corrected chi connectivity index (χ3v) is 3.13. The minimum atomic E-state index is -0.846. The van der Waals surface area contributed by atoms with Crippen LogP contribution < -0.4 is 0 Å². The molecule has 0 aromatic heterocycles. The molecule has 1 aliphatic heterocycles. The number of benzene rings is 1. The van der Waals surface area contributed by atoms with Gasteiger partial charge >= 0.3 is 6.09 Å². The smallest absolute Gasteiger partial charge is 0.409 e. The minimum Gasteiger partial charge on any atom is -0.453 e. The van der Waals surface area contributed by atoms with Crippen molar-refractivity contribution >= 4 is 6.09 Å². The monoisotopic (exact) mass is 237 g/mol. The van der Waals surface area contributed by atoms with Crippen molar-refractivity contribution in [3.63, 3.8) is 0 Å². The number of carbonyl (C=O) groups excluding carboxylic acids is 1. The number of hydrogen-bond acceptors (Lipinski definition) is 2. The van der Waals surface area contributed by atoms with Crippen LogP contribution in [0.1, 0.15) is 24.4 Å². The molecule has 92 valence electrons. The Morgan fingerprint density at radius 3 is 2.76 bits per heavy atom. The minimum absolute atomic E-state index is 0.215. The molecule has 0 spiro atoms. The summed E-state index contributed by atoms with van der Waals surface area (Å²) in [4.78, 5) is 13.2. The maximum atomic E-state index is 13.5. The number of methoxy groups -OCH3 is 1. The van der Waals surface area contributed by atoms with Crippen molar-refractivity contribution in [3.8, 4) is 0 Å². The van der Waals surface area contributed by atoms with Gasteiger partial charge < -0.3 is 9.64 Å². The lowest BCUT2D eigenvalue weighted by Crippen LogP contribution is -2.41. The van der Waals surface area contributed by atoms with E-state index in [0.717, 1.165) is 5.56 Å². The second kappa shape index (κ2) is 5.17. The quantitative estimate of drug-likeness (QED) is 0.751. The maximum absolute atomic E-state index is 13.5. The van der Waals surface area contributed by atoms with Gasteiger partial charge in [-0.15, -0.1) is 0 Å². The number of alkyl halides is 1. The summed E-state index contributed by atoms with van der Waals surface area (Å²) < 4.78 is 18.2. The summed E-state index contributed by atoms with van der Waals surface area (Å²) in [6.45, 7) is 0.410. The van der Waals surface area contributed by atoms with Gasteiger partial charge in [0, 0.05) is 13.0 Å². The molecule has 2 atom stereocenters. The first-order valence-electron chi connectivity index (χ1n) is 5.76. The van der Waals surface area contributed by atoms with Crippen molar-refractivity contribution in [2.75, 3.05) is 13.7 Å². The summed E-state index contributed by atoms with van der Waals surface area (Å²) >= 11 is 0. The molecular formula is C13H16FNO2.